The van der Waals surface area contributed by atoms with Gasteiger partial charge in [0.15, 0.2) is 0 Å². The van der Waals surface area contributed by atoms with Crippen LogP contribution in [-0.2, 0) is 24.2 Å². The molecule has 0 aromatic heterocycles. The molecule has 2 atom stereocenters. The summed E-state index contributed by atoms with van der Waals surface area (Å²) in [5, 5.41) is 35.8. The van der Waals surface area contributed by atoms with Gasteiger partial charge < -0.3 is 26.0 Å². The second-order valence-electron chi connectivity index (χ2n) is 8.56. The minimum atomic E-state index is -0.742. The van der Waals surface area contributed by atoms with Crippen molar-refractivity contribution in [2.24, 2.45) is 5.92 Å². The van der Waals surface area contributed by atoms with Crippen LogP contribution in [0.15, 0.2) is 42.5 Å². The first kappa shape index (κ1) is 25.8. The molecule has 0 bridgehead atoms. The predicted molar refractivity (Wildman–Crippen MR) is 127 cm³/mol. The molecule has 2 rings (SSSR count). The van der Waals surface area contributed by atoms with E-state index in [0.717, 1.165) is 36.9 Å². The zero-order valence-electron chi connectivity index (χ0n) is 19.5. The van der Waals surface area contributed by atoms with Crippen LogP contribution in [0.5, 0.6) is 5.75 Å². The Morgan fingerprint density at radius 1 is 1.03 bits per heavy atom. The molecule has 0 aliphatic carbocycles. The standard InChI is InChI=1S/C26H38N2O4/c1-4-19(5-2)15-28-26(32)13-21-8-6-7-20(12-21)11-18(3)27-16-25(31)22-9-10-24(30)23(14-22)17-29/h6-10,12,14,18-19,25,27,29-31H,4-5,11,13,15-17H2,1-3H3,(H,28,32)/t18-,25+/m1/s1. The van der Waals surface area contributed by atoms with Crippen LogP contribution in [0.1, 0.15) is 62.0 Å². The minimum absolute atomic E-state index is 0.0221. The molecule has 0 aliphatic heterocycles. The van der Waals surface area contributed by atoms with Crippen LogP contribution in [0.25, 0.3) is 0 Å². The smallest absolute Gasteiger partial charge is 0.224 e. The fourth-order valence-corrected chi connectivity index (χ4v) is 3.75. The highest BCUT2D eigenvalue weighted by molar-refractivity contribution is 5.78. The Morgan fingerprint density at radius 3 is 2.44 bits per heavy atom. The van der Waals surface area contributed by atoms with Gasteiger partial charge in [0.1, 0.15) is 5.75 Å². The monoisotopic (exact) mass is 442 g/mol. The number of hydrogen-bond donors (Lipinski definition) is 5. The van der Waals surface area contributed by atoms with Gasteiger partial charge in [-0.2, -0.15) is 0 Å². The van der Waals surface area contributed by atoms with E-state index >= 15 is 0 Å². The Labute approximate surface area is 191 Å². The maximum atomic E-state index is 12.3. The van der Waals surface area contributed by atoms with Crippen molar-refractivity contribution in [2.45, 2.75) is 65.2 Å². The number of rotatable bonds is 13. The highest BCUT2D eigenvalue weighted by Crippen LogP contribution is 2.22. The molecule has 0 radical (unpaired) electrons. The van der Waals surface area contributed by atoms with Crippen molar-refractivity contribution in [1.82, 2.24) is 10.6 Å². The van der Waals surface area contributed by atoms with Crippen LogP contribution < -0.4 is 10.6 Å². The van der Waals surface area contributed by atoms with Crippen molar-refractivity contribution in [3.63, 3.8) is 0 Å². The molecular formula is C26H38N2O4. The lowest BCUT2D eigenvalue weighted by Gasteiger charge is -2.18. The number of carbonyl (C=O) groups is 1. The van der Waals surface area contributed by atoms with E-state index in [1.165, 1.54) is 6.07 Å². The first-order valence-corrected chi connectivity index (χ1v) is 11.5. The lowest BCUT2D eigenvalue weighted by atomic mass is 10.0. The average molecular weight is 443 g/mol. The Kier molecular flexibility index (Phi) is 10.7. The zero-order valence-corrected chi connectivity index (χ0v) is 19.5. The van der Waals surface area contributed by atoms with Crippen molar-refractivity contribution in [3.05, 3.63) is 64.7 Å². The minimum Gasteiger partial charge on any atom is -0.508 e. The van der Waals surface area contributed by atoms with Gasteiger partial charge in [-0.25, -0.2) is 0 Å². The van der Waals surface area contributed by atoms with Gasteiger partial charge in [0, 0.05) is 24.7 Å². The van der Waals surface area contributed by atoms with Gasteiger partial charge in [0.05, 0.1) is 19.1 Å². The number of phenols is 1. The normalized spacial score (nSPS) is 13.2. The van der Waals surface area contributed by atoms with E-state index in [-0.39, 0.29) is 24.3 Å². The summed E-state index contributed by atoms with van der Waals surface area (Å²) < 4.78 is 0. The third-order valence-corrected chi connectivity index (χ3v) is 5.96. The van der Waals surface area contributed by atoms with E-state index in [9.17, 15) is 20.1 Å². The van der Waals surface area contributed by atoms with Crippen molar-refractivity contribution in [3.8, 4) is 5.75 Å². The van der Waals surface area contributed by atoms with E-state index in [4.69, 9.17) is 0 Å². The van der Waals surface area contributed by atoms with Crippen LogP contribution in [-0.4, -0.2) is 40.4 Å². The van der Waals surface area contributed by atoms with Gasteiger partial charge in [-0.1, -0.05) is 57.0 Å². The van der Waals surface area contributed by atoms with E-state index in [1.54, 1.807) is 12.1 Å². The lowest BCUT2D eigenvalue weighted by molar-refractivity contribution is -0.120. The van der Waals surface area contributed by atoms with Gasteiger partial charge in [-0.3, -0.25) is 4.79 Å². The third kappa shape index (κ3) is 8.26. The average Bonchev–Trinajstić information content (AvgIpc) is 2.78. The summed E-state index contributed by atoms with van der Waals surface area (Å²) in [6.45, 7) is 7.16. The van der Waals surface area contributed by atoms with Crippen LogP contribution >= 0.6 is 0 Å². The molecule has 0 aliphatic rings. The molecule has 0 saturated carbocycles. The molecule has 176 valence electrons. The van der Waals surface area contributed by atoms with Gasteiger partial charge in [-0.15, -0.1) is 0 Å². The van der Waals surface area contributed by atoms with Crippen LogP contribution in [0.2, 0.25) is 0 Å². The molecule has 32 heavy (non-hydrogen) atoms. The summed E-state index contributed by atoms with van der Waals surface area (Å²) in [6, 6.07) is 13.0. The number of amides is 1. The van der Waals surface area contributed by atoms with Crippen LogP contribution in [0.3, 0.4) is 0 Å². The molecule has 2 aromatic carbocycles. The maximum absolute atomic E-state index is 12.3. The van der Waals surface area contributed by atoms with Gasteiger partial charge in [0.2, 0.25) is 5.91 Å². The fraction of sp³-hybridized carbons (Fsp3) is 0.500. The number of aliphatic hydroxyl groups is 2. The van der Waals surface area contributed by atoms with E-state index < -0.39 is 6.10 Å². The quantitative estimate of drug-likeness (QED) is 0.328. The number of benzene rings is 2. The molecule has 0 fully saturated rings. The SMILES string of the molecule is CCC(CC)CNC(=O)Cc1cccc(C[C@@H](C)NC[C@H](O)c2ccc(O)c(CO)c2)c1. The molecule has 0 saturated heterocycles. The first-order valence-electron chi connectivity index (χ1n) is 11.5. The van der Waals surface area contributed by atoms with Crippen molar-refractivity contribution in [2.75, 3.05) is 13.1 Å². The van der Waals surface area contributed by atoms with Gasteiger partial charge in [-0.05, 0) is 48.1 Å². The summed E-state index contributed by atoms with van der Waals surface area (Å²) in [4.78, 5) is 12.3. The van der Waals surface area contributed by atoms with Crippen LogP contribution in [0, 0.1) is 5.92 Å². The van der Waals surface area contributed by atoms with Crippen molar-refractivity contribution >= 4 is 5.91 Å². The molecule has 0 spiro atoms. The Balaban J connectivity index is 1.84. The predicted octanol–water partition coefficient (Wildman–Crippen LogP) is 3.23. The summed E-state index contributed by atoms with van der Waals surface area (Å²) in [6.07, 6.45) is 2.55. The Bertz CT molecular complexity index is 851. The fourth-order valence-electron chi connectivity index (χ4n) is 3.75. The summed E-state index contributed by atoms with van der Waals surface area (Å²) in [7, 11) is 0. The molecule has 5 N–H and O–H groups in total. The molecule has 0 unspecified atom stereocenters. The van der Waals surface area contributed by atoms with Gasteiger partial charge >= 0.3 is 0 Å². The number of nitrogens with one attached hydrogen (secondary N) is 2. The summed E-state index contributed by atoms with van der Waals surface area (Å²) >= 11 is 0. The van der Waals surface area contributed by atoms with Gasteiger partial charge in [0.25, 0.3) is 0 Å². The Hall–Kier alpha value is -2.41. The summed E-state index contributed by atoms with van der Waals surface area (Å²) in [5.74, 6) is 0.609. The summed E-state index contributed by atoms with van der Waals surface area (Å²) in [5.41, 5.74) is 3.18. The van der Waals surface area contributed by atoms with E-state index in [2.05, 4.69) is 37.5 Å². The second kappa shape index (κ2) is 13.2. The highest BCUT2D eigenvalue weighted by Gasteiger charge is 2.13. The zero-order chi connectivity index (χ0) is 23.5. The molecule has 0 heterocycles. The number of carbonyl (C=O) groups excluding carboxylic acids is 1. The van der Waals surface area contributed by atoms with E-state index in [1.807, 2.05) is 18.2 Å². The van der Waals surface area contributed by atoms with E-state index in [0.29, 0.717) is 30.0 Å². The molecule has 1 amide bonds. The van der Waals surface area contributed by atoms with Crippen LogP contribution in [0.4, 0.5) is 0 Å². The number of aliphatic hydroxyl groups excluding tert-OH is 2. The third-order valence-electron chi connectivity index (χ3n) is 5.96. The number of hydrogen-bond acceptors (Lipinski definition) is 5. The number of aromatic hydroxyl groups is 1. The highest BCUT2D eigenvalue weighted by atomic mass is 16.3. The lowest BCUT2D eigenvalue weighted by Crippen LogP contribution is -2.32. The molecule has 6 heteroatoms. The maximum Gasteiger partial charge on any atom is 0.224 e. The second-order valence-corrected chi connectivity index (χ2v) is 8.56. The Morgan fingerprint density at radius 2 is 1.75 bits per heavy atom. The topological polar surface area (TPSA) is 102 Å². The molecule has 2 aromatic rings. The van der Waals surface area contributed by atoms with Crippen molar-refractivity contribution < 1.29 is 20.1 Å². The molecule has 6 nitrogen and oxygen atoms in total. The molecular weight excluding hydrogens is 404 g/mol. The first-order chi connectivity index (χ1) is 15.4. The van der Waals surface area contributed by atoms with Crippen molar-refractivity contribution in [1.29, 1.82) is 0 Å². The largest absolute Gasteiger partial charge is 0.508 e.